The molecule has 1 aromatic heterocycles. The first-order valence-electron chi connectivity index (χ1n) is 6.82. The number of nitrogens with one attached hydrogen (secondary N) is 1. The summed E-state index contributed by atoms with van der Waals surface area (Å²) in [7, 11) is 0. The molecule has 3 heteroatoms. The summed E-state index contributed by atoms with van der Waals surface area (Å²) < 4.78 is 0. The van der Waals surface area contributed by atoms with Gasteiger partial charge in [0.15, 0.2) is 0 Å². The van der Waals surface area contributed by atoms with Crippen LogP contribution in [-0.2, 0) is 0 Å². The molecule has 0 saturated carbocycles. The molecule has 1 N–H and O–H groups in total. The van der Waals surface area contributed by atoms with Gasteiger partial charge in [-0.25, -0.2) is 4.98 Å². The van der Waals surface area contributed by atoms with Crippen molar-refractivity contribution in [2.24, 2.45) is 5.92 Å². The first-order chi connectivity index (χ1) is 8.17. The molecular formula is C14H26N2S. The molecule has 1 heterocycles. The number of thiazole rings is 1. The van der Waals surface area contributed by atoms with Gasteiger partial charge in [0.1, 0.15) is 0 Å². The molecule has 2 nitrogen and oxygen atoms in total. The van der Waals surface area contributed by atoms with Crippen molar-refractivity contribution in [2.45, 2.75) is 59.4 Å². The highest BCUT2D eigenvalue weighted by molar-refractivity contribution is 7.09. The summed E-state index contributed by atoms with van der Waals surface area (Å²) in [4.78, 5) is 4.63. The molecule has 0 aliphatic rings. The smallest absolute Gasteiger partial charge is 0.0898 e. The summed E-state index contributed by atoms with van der Waals surface area (Å²) in [5.41, 5.74) is 1.24. The first kappa shape index (κ1) is 14.7. The lowest BCUT2D eigenvalue weighted by atomic mass is 9.96. The van der Waals surface area contributed by atoms with Gasteiger partial charge in [0, 0.05) is 5.38 Å². The van der Waals surface area contributed by atoms with E-state index < -0.39 is 0 Å². The lowest BCUT2D eigenvalue weighted by Crippen LogP contribution is -2.24. The van der Waals surface area contributed by atoms with Crippen LogP contribution in [0.3, 0.4) is 0 Å². The maximum absolute atomic E-state index is 4.63. The molecule has 2 atom stereocenters. The zero-order chi connectivity index (χ0) is 12.7. The summed E-state index contributed by atoms with van der Waals surface area (Å²) in [5, 5.41) is 7.01. The van der Waals surface area contributed by atoms with E-state index >= 15 is 0 Å². The maximum Gasteiger partial charge on any atom is 0.0898 e. The molecular weight excluding hydrogens is 228 g/mol. The van der Waals surface area contributed by atoms with Crippen LogP contribution in [0.2, 0.25) is 0 Å². The number of nitrogens with zero attached hydrogens (tertiary/aromatic N) is 1. The van der Waals surface area contributed by atoms with Gasteiger partial charge in [0.2, 0.25) is 0 Å². The molecule has 0 saturated heterocycles. The number of hydrogen-bond donors (Lipinski definition) is 1. The highest BCUT2D eigenvalue weighted by Crippen LogP contribution is 2.25. The van der Waals surface area contributed by atoms with Crippen LogP contribution in [0.15, 0.2) is 5.38 Å². The number of aryl methyl sites for hydroxylation is 1. The van der Waals surface area contributed by atoms with E-state index in [1.54, 1.807) is 11.3 Å². The van der Waals surface area contributed by atoms with E-state index in [0.717, 1.165) is 12.5 Å². The monoisotopic (exact) mass is 254 g/mol. The lowest BCUT2D eigenvalue weighted by Gasteiger charge is -2.20. The van der Waals surface area contributed by atoms with Crippen molar-refractivity contribution < 1.29 is 0 Å². The SMILES string of the molecule is CCCNC(CC(C)CCC)c1csc(C)n1. The number of rotatable bonds is 8. The Balaban J connectivity index is 2.60. The molecule has 0 amide bonds. The van der Waals surface area contributed by atoms with E-state index in [0.29, 0.717) is 6.04 Å². The van der Waals surface area contributed by atoms with Crippen LogP contribution in [0.5, 0.6) is 0 Å². The van der Waals surface area contributed by atoms with Gasteiger partial charge >= 0.3 is 0 Å². The molecule has 2 unspecified atom stereocenters. The fourth-order valence-electron chi connectivity index (χ4n) is 2.18. The lowest BCUT2D eigenvalue weighted by molar-refractivity contribution is 0.385. The second-order valence-corrected chi connectivity index (χ2v) is 5.99. The maximum atomic E-state index is 4.63. The second kappa shape index (κ2) is 7.83. The average molecular weight is 254 g/mol. The topological polar surface area (TPSA) is 24.9 Å². The van der Waals surface area contributed by atoms with Gasteiger partial charge in [-0.15, -0.1) is 11.3 Å². The van der Waals surface area contributed by atoms with Crippen LogP contribution in [0.25, 0.3) is 0 Å². The van der Waals surface area contributed by atoms with Gasteiger partial charge in [-0.3, -0.25) is 0 Å². The third-order valence-electron chi connectivity index (χ3n) is 3.05. The van der Waals surface area contributed by atoms with Crippen LogP contribution in [-0.4, -0.2) is 11.5 Å². The van der Waals surface area contributed by atoms with E-state index in [9.17, 15) is 0 Å². The Bertz CT molecular complexity index is 309. The molecule has 0 bridgehead atoms. The standard InChI is InChI=1S/C14H26N2S/c1-5-7-11(3)9-13(15-8-6-2)14-10-17-12(4)16-14/h10-11,13,15H,5-9H2,1-4H3. The van der Waals surface area contributed by atoms with Gasteiger partial charge in [0.25, 0.3) is 0 Å². The normalized spacial score (nSPS) is 14.8. The van der Waals surface area contributed by atoms with Crippen molar-refractivity contribution in [2.75, 3.05) is 6.54 Å². The van der Waals surface area contributed by atoms with E-state index in [1.807, 2.05) is 0 Å². The molecule has 1 aromatic rings. The molecule has 0 fully saturated rings. The average Bonchev–Trinajstić information content (AvgIpc) is 2.71. The van der Waals surface area contributed by atoms with Gasteiger partial charge in [-0.2, -0.15) is 0 Å². The predicted molar refractivity (Wildman–Crippen MR) is 76.6 cm³/mol. The molecule has 0 aromatic carbocycles. The van der Waals surface area contributed by atoms with Crippen LogP contribution >= 0.6 is 11.3 Å². The van der Waals surface area contributed by atoms with Crippen molar-refractivity contribution in [1.29, 1.82) is 0 Å². The third-order valence-corrected chi connectivity index (χ3v) is 3.85. The number of aromatic nitrogens is 1. The van der Waals surface area contributed by atoms with Crippen LogP contribution in [0.4, 0.5) is 0 Å². The van der Waals surface area contributed by atoms with Crippen molar-refractivity contribution in [1.82, 2.24) is 10.3 Å². The Morgan fingerprint density at radius 2 is 2.12 bits per heavy atom. The molecule has 17 heavy (non-hydrogen) atoms. The van der Waals surface area contributed by atoms with Crippen molar-refractivity contribution in [3.63, 3.8) is 0 Å². The Labute approximate surface area is 110 Å². The molecule has 98 valence electrons. The van der Waals surface area contributed by atoms with Crippen molar-refractivity contribution in [3.8, 4) is 0 Å². The highest BCUT2D eigenvalue weighted by Gasteiger charge is 2.16. The zero-order valence-corrected chi connectivity index (χ0v) is 12.4. The van der Waals surface area contributed by atoms with Gasteiger partial charge in [-0.05, 0) is 32.2 Å². The van der Waals surface area contributed by atoms with Crippen LogP contribution < -0.4 is 5.32 Å². The zero-order valence-electron chi connectivity index (χ0n) is 11.6. The third kappa shape index (κ3) is 5.17. The summed E-state index contributed by atoms with van der Waals surface area (Å²) >= 11 is 1.76. The Morgan fingerprint density at radius 3 is 2.65 bits per heavy atom. The molecule has 0 spiro atoms. The summed E-state index contributed by atoms with van der Waals surface area (Å²) in [6.07, 6.45) is 4.98. The van der Waals surface area contributed by atoms with E-state index in [2.05, 4.69) is 43.4 Å². The van der Waals surface area contributed by atoms with Gasteiger partial charge in [0.05, 0.1) is 16.7 Å². The van der Waals surface area contributed by atoms with Crippen LogP contribution in [0.1, 0.15) is 63.2 Å². The van der Waals surface area contributed by atoms with E-state index in [-0.39, 0.29) is 0 Å². The second-order valence-electron chi connectivity index (χ2n) is 4.93. The molecule has 1 rings (SSSR count). The minimum Gasteiger partial charge on any atom is -0.309 e. The predicted octanol–water partition coefficient (Wildman–Crippen LogP) is 4.32. The highest BCUT2D eigenvalue weighted by atomic mass is 32.1. The minimum atomic E-state index is 0.446. The summed E-state index contributed by atoms with van der Waals surface area (Å²) in [6, 6.07) is 0.446. The molecule has 0 radical (unpaired) electrons. The molecule has 0 aliphatic heterocycles. The first-order valence-corrected chi connectivity index (χ1v) is 7.70. The fourth-order valence-corrected chi connectivity index (χ4v) is 2.85. The van der Waals surface area contributed by atoms with Gasteiger partial charge in [-0.1, -0.05) is 33.6 Å². The van der Waals surface area contributed by atoms with E-state index in [1.165, 1.54) is 36.4 Å². The van der Waals surface area contributed by atoms with E-state index in [4.69, 9.17) is 0 Å². The Hall–Kier alpha value is -0.410. The summed E-state index contributed by atoms with van der Waals surface area (Å²) in [6.45, 7) is 9.99. The molecule has 0 aliphatic carbocycles. The summed E-state index contributed by atoms with van der Waals surface area (Å²) in [5.74, 6) is 0.774. The quantitative estimate of drug-likeness (QED) is 0.747. The van der Waals surface area contributed by atoms with Crippen LogP contribution in [0, 0.1) is 12.8 Å². The van der Waals surface area contributed by atoms with Gasteiger partial charge < -0.3 is 5.32 Å². The van der Waals surface area contributed by atoms with Crippen molar-refractivity contribution >= 4 is 11.3 Å². The Morgan fingerprint density at radius 1 is 1.35 bits per heavy atom. The number of hydrogen-bond acceptors (Lipinski definition) is 3. The fraction of sp³-hybridized carbons (Fsp3) is 0.786. The van der Waals surface area contributed by atoms with Crippen molar-refractivity contribution in [3.05, 3.63) is 16.1 Å². The minimum absolute atomic E-state index is 0.446. The largest absolute Gasteiger partial charge is 0.309 e. The Kier molecular flexibility index (Phi) is 6.75.